The number of anilines is 1. The number of nitrogens with one attached hydrogen (secondary N) is 2. The molecule has 0 fully saturated rings. The Balaban J connectivity index is 2.69. The fraction of sp³-hybridized carbons (Fsp3) is 0.308. The van der Waals surface area contributed by atoms with E-state index in [-0.39, 0.29) is 5.02 Å². The summed E-state index contributed by atoms with van der Waals surface area (Å²) in [5.41, 5.74) is 0.680. The highest BCUT2D eigenvalue weighted by atomic mass is 35.5. The number of rotatable bonds is 5. The molecule has 20 heavy (non-hydrogen) atoms. The Kier molecular flexibility index (Phi) is 5.81. The second-order valence-corrected chi connectivity index (χ2v) is 4.49. The van der Waals surface area contributed by atoms with Gasteiger partial charge in [-0.25, -0.2) is 9.59 Å². The Bertz CT molecular complexity index is 554. The average Bonchev–Trinajstić information content (AvgIpc) is 2.38. The van der Waals surface area contributed by atoms with E-state index in [0.717, 1.165) is 0 Å². The maximum Gasteiger partial charge on any atom is 0.326 e. The zero-order valence-electron chi connectivity index (χ0n) is 10.8. The van der Waals surface area contributed by atoms with E-state index in [2.05, 4.69) is 10.6 Å². The topological polar surface area (TPSA) is 102 Å². The van der Waals surface area contributed by atoms with Crippen LogP contribution in [0.3, 0.4) is 0 Å². The quantitative estimate of drug-likeness (QED) is 0.777. The Morgan fingerprint density at radius 3 is 2.70 bits per heavy atom. The molecule has 1 atom stereocenters. The van der Waals surface area contributed by atoms with E-state index in [1.54, 1.807) is 0 Å². The maximum absolute atomic E-state index is 11.7. The molecule has 0 aliphatic heterocycles. The third-order valence-electron chi connectivity index (χ3n) is 2.53. The normalized spacial score (nSPS) is 11.2. The molecule has 0 aromatic heterocycles. The third kappa shape index (κ3) is 4.44. The SMILES string of the molecule is CCCC(NC(=O)Nc1ccc(C#N)c(Cl)c1)C(=O)O. The summed E-state index contributed by atoms with van der Waals surface area (Å²) in [5, 5.41) is 22.7. The van der Waals surface area contributed by atoms with Gasteiger partial charge < -0.3 is 15.7 Å². The van der Waals surface area contributed by atoms with Gasteiger partial charge >= 0.3 is 12.0 Å². The highest BCUT2D eigenvalue weighted by Gasteiger charge is 2.18. The Morgan fingerprint density at radius 2 is 2.20 bits per heavy atom. The number of aliphatic carboxylic acids is 1. The zero-order chi connectivity index (χ0) is 15.1. The highest BCUT2D eigenvalue weighted by Crippen LogP contribution is 2.20. The molecular weight excluding hydrogens is 282 g/mol. The fourth-order valence-corrected chi connectivity index (χ4v) is 1.78. The van der Waals surface area contributed by atoms with E-state index in [1.807, 2.05) is 13.0 Å². The van der Waals surface area contributed by atoms with E-state index < -0.39 is 18.0 Å². The number of benzene rings is 1. The first-order valence-corrected chi connectivity index (χ1v) is 6.35. The van der Waals surface area contributed by atoms with Crippen LogP contribution in [0.2, 0.25) is 5.02 Å². The molecular formula is C13H14ClN3O3. The van der Waals surface area contributed by atoms with Crippen LogP contribution in [-0.4, -0.2) is 23.1 Å². The summed E-state index contributed by atoms with van der Waals surface area (Å²) in [7, 11) is 0. The van der Waals surface area contributed by atoms with E-state index in [1.165, 1.54) is 18.2 Å². The van der Waals surface area contributed by atoms with Crippen LogP contribution in [0, 0.1) is 11.3 Å². The number of carbonyl (C=O) groups excluding carboxylic acids is 1. The first-order chi connectivity index (χ1) is 9.47. The summed E-state index contributed by atoms with van der Waals surface area (Å²) in [4.78, 5) is 22.6. The van der Waals surface area contributed by atoms with Gasteiger partial charge in [0.15, 0.2) is 0 Å². The second-order valence-electron chi connectivity index (χ2n) is 4.08. The van der Waals surface area contributed by atoms with Crippen LogP contribution in [0.4, 0.5) is 10.5 Å². The minimum Gasteiger partial charge on any atom is -0.480 e. The number of amides is 2. The van der Waals surface area contributed by atoms with Crippen LogP contribution >= 0.6 is 11.6 Å². The molecule has 1 unspecified atom stereocenters. The number of nitrogens with zero attached hydrogens (tertiary/aromatic N) is 1. The number of carbonyl (C=O) groups is 2. The summed E-state index contributed by atoms with van der Waals surface area (Å²) >= 11 is 5.83. The molecule has 0 aliphatic rings. The van der Waals surface area contributed by atoms with Crippen molar-refractivity contribution in [2.45, 2.75) is 25.8 Å². The minimum absolute atomic E-state index is 0.216. The summed E-state index contributed by atoms with van der Waals surface area (Å²) in [6.45, 7) is 1.83. The van der Waals surface area contributed by atoms with E-state index >= 15 is 0 Å². The largest absolute Gasteiger partial charge is 0.480 e. The molecule has 1 rings (SSSR count). The predicted octanol–water partition coefficient (Wildman–Crippen LogP) is 2.59. The van der Waals surface area contributed by atoms with Gasteiger partial charge in [-0.1, -0.05) is 24.9 Å². The van der Waals surface area contributed by atoms with E-state index in [4.69, 9.17) is 22.0 Å². The molecule has 0 spiro atoms. The number of carboxylic acids is 1. The molecule has 106 valence electrons. The standard InChI is InChI=1S/C13H14ClN3O3/c1-2-3-11(12(18)19)17-13(20)16-9-5-4-8(7-15)10(14)6-9/h4-6,11H,2-3H2,1H3,(H,18,19)(H2,16,17,20). The van der Waals surface area contributed by atoms with Gasteiger partial charge in [0.1, 0.15) is 12.1 Å². The molecule has 1 aromatic carbocycles. The van der Waals surface area contributed by atoms with Crippen molar-refractivity contribution in [2.24, 2.45) is 0 Å². The number of halogens is 1. The van der Waals surface area contributed by atoms with Gasteiger partial charge in [0.25, 0.3) is 0 Å². The minimum atomic E-state index is -1.08. The first kappa shape index (κ1) is 15.8. The van der Waals surface area contributed by atoms with Crippen LogP contribution in [0.15, 0.2) is 18.2 Å². The molecule has 0 heterocycles. The monoisotopic (exact) mass is 295 g/mol. The van der Waals surface area contributed by atoms with E-state index in [0.29, 0.717) is 24.1 Å². The van der Waals surface area contributed by atoms with E-state index in [9.17, 15) is 9.59 Å². The molecule has 0 saturated carbocycles. The van der Waals surface area contributed by atoms with Crippen LogP contribution in [0.1, 0.15) is 25.3 Å². The predicted molar refractivity (Wildman–Crippen MR) is 74.7 cm³/mol. The summed E-state index contributed by atoms with van der Waals surface area (Å²) in [6, 6.07) is 4.74. The lowest BCUT2D eigenvalue weighted by molar-refractivity contribution is -0.139. The van der Waals surface area contributed by atoms with Crippen LogP contribution < -0.4 is 10.6 Å². The number of hydrogen-bond donors (Lipinski definition) is 3. The molecule has 1 aromatic rings. The molecule has 0 radical (unpaired) electrons. The van der Waals surface area contributed by atoms with Gasteiger partial charge in [0.2, 0.25) is 0 Å². The van der Waals surface area contributed by atoms with Crippen LogP contribution in [0.25, 0.3) is 0 Å². The average molecular weight is 296 g/mol. The number of carboxylic acid groups (broad SMARTS) is 1. The summed E-state index contributed by atoms with van der Waals surface area (Å²) < 4.78 is 0. The number of hydrogen-bond acceptors (Lipinski definition) is 3. The van der Waals surface area contributed by atoms with Gasteiger partial charge in [-0.05, 0) is 24.6 Å². The number of urea groups is 1. The van der Waals surface area contributed by atoms with Crippen molar-refractivity contribution in [3.05, 3.63) is 28.8 Å². The lowest BCUT2D eigenvalue weighted by Crippen LogP contribution is -2.42. The lowest BCUT2D eigenvalue weighted by atomic mass is 10.2. The summed E-state index contributed by atoms with van der Waals surface area (Å²) in [6.07, 6.45) is 0.983. The molecule has 6 nitrogen and oxygen atoms in total. The fourth-order valence-electron chi connectivity index (χ4n) is 1.56. The maximum atomic E-state index is 11.7. The number of nitriles is 1. The Hall–Kier alpha value is -2.26. The van der Waals surface area contributed by atoms with Crippen LogP contribution in [0.5, 0.6) is 0 Å². The van der Waals surface area contributed by atoms with Gasteiger partial charge in [0, 0.05) is 5.69 Å². The lowest BCUT2D eigenvalue weighted by Gasteiger charge is -2.14. The highest BCUT2D eigenvalue weighted by molar-refractivity contribution is 6.32. The van der Waals surface area contributed by atoms with Crippen molar-refractivity contribution in [1.82, 2.24) is 5.32 Å². The second kappa shape index (κ2) is 7.36. The van der Waals surface area contributed by atoms with Gasteiger partial charge in [0.05, 0.1) is 10.6 Å². The third-order valence-corrected chi connectivity index (χ3v) is 2.84. The van der Waals surface area contributed by atoms with Crippen LogP contribution in [-0.2, 0) is 4.79 Å². The van der Waals surface area contributed by atoms with Crippen molar-refractivity contribution in [2.75, 3.05) is 5.32 Å². The van der Waals surface area contributed by atoms with Crippen molar-refractivity contribution in [3.8, 4) is 6.07 Å². The Morgan fingerprint density at radius 1 is 1.50 bits per heavy atom. The van der Waals surface area contributed by atoms with Crippen molar-refractivity contribution < 1.29 is 14.7 Å². The molecule has 0 saturated heterocycles. The molecule has 3 N–H and O–H groups in total. The first-order valence-electron chi connectivity index (χ1n) is 5.98. The molecule has 2 amide bonds. The van der Waals surface area contributed by atoms with Gasteiger partial charge in [-0.15, -0.1) is 0 Å². The summed E-state index contributed by atoms with van der Waals surface area (Å²) in [5.74, 6) is -1.08. The molecule has 0 bridgehead atoms. The Labute approximate surface area is 121 Å². The van der Waals surface area contributed by atoms with Gasteiger partial charge in [-0.2, -0.15) is 5.26 Å². The van der Waals surface area contributed by atoms with Crippen molar-refractivity contribution >= 4 is 29.3 Å². The van der Waals surface area contributed by atoms with Gasteiger partial charge in [-0.3, -0.25) is 0 Å². The van der Waals surface area contributed by atoms with Crippen molar-refractivity contribution in [3.63, 3.8) is 0 Å². The molecule has 7 heteroatoms. The smallest absolute Gasteiger partial charge is 0.326 e. The zero-order valence-corrected chi connectivity index (χ0v) is 11.6. The molecule has 0 aliphatic carbocycles. The van der Waals surface area contributed by atoms with Crippen molar-refractivity contribution in [1.29, 1.82) is 5.26 Å².